The van der Waals surface area contributed by atoms with Gasteiger partial charge in [0.25, 0.3) is 0 Å². The van der Waals surface area contributed by atoms with Crippen LogP contribution in [0.4, 0.5) is 0 Å². The lowest BCUT2D eigenvalue weighted by atomic mass is 10.1. The number of carbonyl (C=O) groups is 1. The zero-order chi connectivity index (χ0) is 13.7. The molecule has 1 aliphatic rings. The van der Waals surface area contributed by atoms with Crippen LogP contribution in [0.1, 0.15) is 27.7 Å². The van der Waals surface area contributed by atoms with E-state index in [-0.39, 0.29) is 24.1 Å². The highest BCUT2D eigenvalue weighted by Gasteiger charge is 2.25. The van der Waals surface area contributed by atoms with Crippen molar-refractivity contribution >= 4 is 5.91 Å². The summed E-state index contributed by atoms with van der Waals surface area (Å²) in [6.45, 7) is 10.8. The molecule has 1 aliphatic heterocycles. The maximum Gasteiger partial charge on any atom is 0.234 e. The van der Waals surface area contributed by atoms with Gasteiger partial charge in [-0.2, -0.15) is 0 Å². The normalized spacial score (nSPS) is 24.9. The summed E-state index contributed by atoms with van der Waals surface area (Å²) in [4.78, 5) is 14.0. The summed E-state index contributed by atoms with van der Waals surface area (Å²) < 4.78 is 5.57. The van der Waals surface area contributed by atoms with Crippen molar-refractivity contribution in [3.05, 3.63) is 0 Å². The van der Waals surface area contributed by atoms with Gasteiger partial charge in [-0.05, 0) is 19.8 Å². The van der Waals surface area contributed by atoms with E-state index in [4.69, 9.17) is 10.5 Å². The number of rotatable bonds is 5. The summed E-state index contributed by atoms with van der Waals surface area (Å²) in [5, 5.41) is 3.02. The lowest BCUT2D eigenvalue weighted by molar-refractivity contribution is -0.125. The second kappa shape index (κ2) is 7.07. The molecule has 5 nitrogen and oxygen atoms in total. The van der Waals surface area contributed by atoms with Gasteiger partial charge in [-0.25, -0.2) is 0 Å². The number of nitrogens with two attached hydrogens (primary N) is 1. The Bertz CT molecular complexity index is 269. The molecule has 106 valence electrons. The van der Waals surface area contributed by atoms with Crippen LogP contribution in [0.5, 0.6) is 0 Å². The largest absolute Gasteiger partial charge is 0.374 e. The molecule has 0 aromatic rings. The lowest BCUT2D eigenvalue weighted by Crippen LogP contribution is -2.52. The SMILES string of the molecule is CC(C)C(C)NC(=O)CN1CCOC(C(C)N)C1. The van der Waals surface area contributed by atoms with Gasteiger partial charge in [-0.1, -0.05) is 13.8 Å². The molecule has 3 N–H and O–H groups in total. The highest BCUT2D eigenvalue weighted by Crippen LogP contribution is 2.07. The van der Waals surface area contributed by atoms with Crippen LogP contribution in [0.15, 0.2) is 0 Å². The van der Waals surface area contributed by atoms with Crippen molar-refractivity contribution in [2.75, 3.05) is 26.2 Å². The number of nitrogens with zero attached hydrogens (tertiary/aromatic N) is 1. The summed E-state index contributed by atoms with van der Waals surface area (Å²) in [6.07, 6.45) is 0.0362. The van der Waals surface area contributed by atoms with Crippen LogP contribution in [-0.2, 0) is 9.53 Å². The molecule has 0 aromatic carbocycles. The fourth-order valence-corrected chi connectivity index (χ4v) is 1.86. The molecule has 5 heteroatoms. The van der Waals surface area contributed by atoms with Crippen LogP contribution < -0.4 is 11.1 Å². The number of nitrogens with one attached hydrogen (secondary N) is 1. The number of amides is 1. The van der Waals surface area contributed by atoms with E-state index in [0.717, 1.165) is 13.1 Å². The fraction of sp³-hybridized carbons (Fsp3) is 0.923. The maximum atomic E-state index is 11.9. The molecule has 1 fully saturated rings. The van der Waals surface area contributed by atoms with Crippen molar-refractivity contribution in [2.45, 2.75) is 45.9 Å². The predicted octanol–water partition coefficient (Wildman–Crippen LogP) is 0.195. The minimum atomic E-state index is 0.00505. The molecule has 1 rings (SSSR count). The molecular weight excluding hydrogens is 230 g/mol. The summed E-state index contributed by atoms with van der Waals surface area (Å²) in [7, 11) is 0. The second-order valence-electron chi connectivity index (χ2n) is 5.60. The fourth-order valence-electron chi connectivity index (χ4n) is 1.86. The molecule has 0 bridgehead atoms. The molecule has 1 amide bonds. The van der Waals surface area contributed by atoms with Crippen molar-refractivity contribution in [3.63, 3.8) is 0 Å². The third-order valence-electron chi connectivity index (χ3n) is 3.52. The van der Waals surface area contributed by atoms with E-state index < -0.39 is 0 Å². The molecule has 0 spiro atoms. The smallest absolute Gasteiger partial charge is 0.234 e. The van der Waals surface area contributed by atoms with Crippen molar-refractivity contribution < 1.29 is 9.53 Å². The van der Waals surface area contributed by atoms with E-state index >= 15 is 0 Å². The average molecular weight is 257 g/mol. The van der Waals surface area contributed by atoms with Gasteiger partial charge in [0.2, 0.25) is 5.91 Å². The Labute approximate surface area is 110 Å². The minimum absolute atomic E-state index is 0.00505. The Morgan fingerprint density at radius 2 is 2.11 bits per heavy atom. The van der Waals surface area contributed by atoms with Crippen LogP contribution in [0.2, 0.25) is 0 Å². The summed E-state index contributed by atoms with van der Waals surface area (Å²) in [5.41, 5.74) is 5.83. The Hall–Kier alpha value is -0.650. The molecule has 0 aliphatic carbocycles. The van der Waals surface area contributed by atoms with Crippen molar-refractivity contribution in [1.82, 2.24) is 10.2 Å². The zero-order valence-corrected chi connectivity index (χ0v) is 12.0. The van der Waals surface area contributed by atoms with E-state index in [1.165, 1.54) is 0 Å². The average Bonchev–Trinajstić information content (AvgIpc) is 2.28. The van der Waals surface area contributed by atoms with Gasteiger partial charge < -0.3 is 15.8 Å². The predicted molar refractivity (Wildman–Crippen MR) is 72.3 cm³/mol. The first-order chi connectivity index (χ1) is 8.40. The second-order valence-corrected chi connectivity index (χ2v) is 5.60. The van der Waals surface area contributed by atoms with Crippen molar-refractivity contribution in [2.24, 2.45) is 11.7 Å². The Kier molecular flexibility index (Phi) is 6.05. The quantitative estimate of drug-likeness (QED) is 0.738. The molecule has 1 heterocycles. The van der Waals surface area contributed by atoms with Crippen LogP contribution in [0.25, 0.3) is 0 Å². The molecule has 18 heavy (non-hydrogen) atoms. The number of carbonyl (C=O) groups excluding carboxylic acids is 1. The Morgan fingerprint density at radius 1 is 1.44 bits per heavy atom. The van der Waals surface area contributed by atoms with Crippen LogP contribution in [0.3, 0.4) is 0 Å². The minimum Gasteiger partial charge on any atom is -0.374 e. The summed E-state index contributed by atoms with van der Waals surface area (Å²) in [6, 6.07) is 0.216. The summed E-state index contributed by atoms with van der Waals surface area (Å²) in [5.74, 6) is 0.539. The van der Waals surface area contributed by atoms with E-state index in [1.807, 2.05) is 13.8 Å². The number of ether oxygens (including phenoxy) is 1. The number of hydrogen-bond acceptors (Lipinski definition) is 4. The van der Waals surface area contributed by atoms with Gasteiger partial charge >= 0.3 is 0 Å². The van der Waals surface area contributed by atoms with Crippen LogP contribution in [0, 0.1) is 5.92 Å². The number of hydrogen-bond donors (Lipinski definition) is 2. The summed E-state index contributed by atoms with van der Waals surface area (Å²) >= 11 is 0. The third kappa shape index (κ3) is 4.92. The van der Waals surface area contributed by atoms with E-state index in [9.17, 15) is 4.79 Å². The van der Waals surface area contributed by atoms with Gasteiger partial charge in [0.1, 0.15) is 0 Å². The van der Waals surface area contributed by atoms with Crippen molar-refractivity contribution in [1.29, 1.82) is 0 Å². The van der Waals surface area contributed by atoms with Crippen LogP contribution in [-0.4, -0.2) is 55.2 Å². The first kappa shape index (κ1) is 15.4. The van der Waals surface area contributed by atoms with Gasteiger partial charge in [0.15, 0.2) is 0 Å². The lowest BCUT2D eigenvalue weighted by Gasteiger charge is -2.34. The van der Waals surface area contributed by atoms with Gasteiger partial charge in [0, 0.05) is 25.2 Å². The first-order valence-corrected chi connectivity index (χ1v) is 6.79. The molecule has 3 unspecified atom stereocenters. The first-order valence-electron chi connectivity index (χ1n) is 6.79. The monoisotopic (exact) mass is 257 g/mol. The topological polar surface area (TPSA) is 67.6 Å². The molecule has 0 radical (unpaired) electrons. The highest BCUT2D eigenvalue weighted by molar-refractivity contribution is 5.78. The molecule has 1 saturated heterocycles. The molecule has 0 aromatic heterocycles. The molecular formula is C13H27N3O2. The van der Waals surface area contributed by atoms with E-state index in [2.05, 4.69) is 24.1 Å². The highest BCUT2D eigenvalue weighted by atomic mass is 16.5. The Morgan fingerprint density at radius 3 is 2.67 bits per heavy atom. The Balaban J connectivity index is 2.35. The zero-order valence-electron chi connectivity index (χ0n) is 12.0. The van der Waals surface area contributed by atoms with Crippen molar-refractivity contribution in [3.8, 4) is 0 Å². The molecule has 3 atom stereocenters. The van der Waals surface area contributed by atoms with Gasteiger partial charge in [-0.3, -0.25) is 9.69 Å². The number of morpholine rings is 1. The van der Waals surface area contributed by atoms with E-state index in [1.54, 1.807) is 0 Å². The molecule has 0 saturated carbocycles. The standard InChI is InChI=1S/C13H27N3O2/c1-9(2)11(4)15-13(17)8-16-5-6-18-12(7-16)10(3)14/h9-12H,5-8,14H2,1-4H3,(H,15,17). The van der Waals surface area contributed by atoms with Gasteiger partial charge in [-0.15, -0.1) is 0 Å². The van der Waals surface area contributed by atoms with Gasteiger partial charge in [0.05, 0.1) is 19.3 Å². The third-order valence-corrected chi connectivity index (χ3v) is 3.52. The van der Waals surface area contributed by atoms with E-state index in [0.29, 0.717) is 19.1 Å². The van der Waals surface area contributed by atoms with Crippen LogP contribution >= 0.6 is 0 Å². The maximum absolute atomic E-state index is 11.9.